The van der Waals surface area contributed by atoms with Crippen molar-refractivity contribution < 1.29 is 19.4 Å². The van der Waals surface area contributed by atoms with Gasteiger partial charge in [-0.25, -0.2) is 5.10 Å². The van der Waals surface area contributed by atoms with Gasteiger partial charge in [-0.05, 0) is 15.9 Å². The largest absolute Gasteiger partial charge is 0.488 e. The van der Waals surface area contributed by atoms with E-state index in [4.69, 9.17) is 14.6 Å². The zero-order chi connectivity index (χ0) is 12.7. The van der Waals surface area contributed by atoms with E-state index in [1.807, 2.05) is 0 Å². The Bertz CT molecular complexity index is 434. The Labute approximate surface area is 105 Å². The summed E-state index contributed by atoms with van der Waals surface area (Å²) in [5.74, 6) is -0.594. The van der Waals surface area contributed by atoms with Crippen LogP contribution in [0.1, 0.15) is 6.42 Å². The van der Waals surface area contributed by atoms with Gasteiger partial charge in [0, 0.05) is 0 Å². The molecular weight excluding hydrogens is 296 g/mol. The fourth-order valence-electron chi connectivity index (χ4n) is 0.940. The summed E-state index contributed by atoms with van der Waals surface area (Å²) < 4.78 is 10.5. The van der Waals surface area contributed by atoms with Crippen LogP contribution in [0.3, 0.4) is 0 Å². The second-order valence-electron chi connectivity index (χ2n) is 2.98. The van der Waals surface area contributed by atoms with E-state index < -0.39 is 5.97 Å². The molecule has 0 unspecified atom stereocenters. The third-order valence-electron chi connectivity index (χ3n) is 1.71. The van der Waals surface area contributed by atoms with Crippen LogP contribution in [0, 0.1) is 0 Å². The van der Waals surface area contributed by atoms with Gasteiger partial charge in [0.1, 0.15) is 11.1 Å². The summed E-state index contributed by atoms with van der Waals surface area (Å²) in [5, 5.41) is 14.2. The Balaban J connectivity index is 2.25. The Hall–Kier alpha value is -1.41. The number of H-pyrrole nitrogens is 1. The SMILES string of the molecule is O=C(O)CCOCCOc1cn[nH]c(=O)c1Br. The molecule has 1 aromatic heterocycles. The lowest BCUT2D eigenvalue weighted by atomic mass is 10.5. The molecule has 1 rings (SSSR count). The number of rotatable bonds is 7. The third-order valence-corrected chi connectivity index (χ3v) is 2.46. The molecule has 2 N–H and O–H groups in total. The number of carbonyl (C=O) groups is 1. The minimum atomic E-state index is -0.910. The number of nitrogens with zero attached hydrogens (tertiary/aromatic N) is 1. The van der Waals surface area contributed by atoms with E-state index in [1.54, 1.807) is 0 Å². The Kier molecular flexibility index (Phi) is 5.64. The lowest BCUT2D eigenvalue weighted by molar-refractivity contribution is -0.138. The molecule has 0 saturated carbocycles. The third kappa shape index (κ3) is 4.96. The predicted octanol–water partition coefficient (Wildman–Crippen LogP) is 0.403. The summed E-state index contributed by atoms with van der Waals surface area (Å²) in [6.45, 7) is 0.587. The number of aromatic amines is 1. The van der Waals surface area contributed by atoms with E-state index in [2.05, 4.69) is 26.1 Å². The number of ether oxygens (including phenoxy) is 2. The minimum Gasteiger partial charge on any atom is -0.488 e. The summed E-state index contributed by atoms with van der Waals surface area (Å²) in [6.07, 6.45) is 1.32. The average Bonchev–Trinajstić information content (AvgIpc) is 2.28. The van der Waals surface area contributed by atoms with Crippen LogP contribution < -0.4 is 10.3 Å². The van der Waals surface area contributed by atoms with Crippen molar-refractivity contribution >= 4 is 21.9 Å². The van der Waals surface area contributed by atoms with Crippen LogP contribution in [0.5, 0.6) is 5.75 Å². The Morgan fingerprint density at radius 2 is 2.24 bits per heavy atom. The Morgan fingerprint density at radius 1 is 1.47 bits per heavy atom. The van der Waals surface area contributed by atoms with E-state index >= 15 is 0 Å². The van der Waals surface area contributed by atoms with E-state index in [0.717, 1.165) is 0 Å². The van der Waals surface area contributed by atoms with Crippen molar-refractivity contribution in [2.75, 3.05) is 19.8 Å². The molecule has 94 valence electrons. The molecule has 0 radical (unpaired) electrons. The number of halogens is 1. The van der Waals surface area contributed by atoms with E-state index in [1.165, 1.54) is 6.20 Å². The van der Waals surface area contributed by atoms with Crippen LogP contribution in [0.15, 0.2) is 15.5 Å². The molecule has 0 amide bonds. The highest BCUT2D eigenvalue weighted by Crippen LogP contribution is 2.17. The van der Waals surface area contributed by atoms with Crippen LogP contribution in [-0.2, 0) is 9.53 Å². The number of carboxylic acids is 1. The number of aromatic nitrogens is 2. The maximum absolute atomic E-state index is 11.1. The molecule has 1 aromatic rings. The first kappa shape index (κ1) is 13.7. The first-order valence-electron chi connectivity index (χ1n) is 4.77. The first-order valence-corrected chi connectivity index (χ1v) is 5.56. The van der Waals surface area contributed by atoms with Gasteiger partial charge >= 0.3 is 5.97 Å². The molecule has 1 heterocycles. The molecule has 17 heavy (non-hydrogen) atoms. The molecule has 0 bridgehead atoms. The zero-order valence-corrected chi connectivity index (χ0v) is 10.4. The lowest BCUT2D eigenvalue weighted by Gasteiger charge is -2.06. The normalized spacial score (nSPS) is 10.2. The first-order chi connectivity index (χ1) is 8.11. The number of carboxylic acid groups (broad SMARTS) is 1. The van der Waals surface area contributed by atoms with E-state index in [9.17, 15) is 9.59 Å². The van der Waals surface area contributed by atoms with Gasteiger partial charge in [0.2, 0.25) is 0 Å². The van der Waals surface area contributed by atoms with Gasteiger partial charge in [-0.3, -0.25) is 9.59 Å². The highest BCUT2D eigenvalue weighted by molar-refractivity contribution is 9.10. The van der Waals surface area contributed by atoms with Gasteiger partial charge in [0.25, 0.3) is 5.56 Å². The monoisotopic (exact) mass is 306 g/mol. The van der Waals surface area contributed by atoms with Crippen LogP contribution in [0.4, 0.5) is 0 Å². The Morgan fingerprint density at radius 3 is 2.94 bits per heavy atom. The van der Waals surface area contributed by atoms with Crippen LogP contribution in [0.2, 0.25) is 0 Å². The smallest absolute Gasteiger partial charge is 0.305 e. The second-order valence-corrected chi connectivity index (χ2v) is 3.77. The maximum Gasteiger partial charge on any atom is 0.305 e. The molecule has 0 aliphatic carbocycles. The predicted molar refractivity (Wildman–Crippen MR) is 61.1 cm³/mol. The fourth-order valence-corrected chi connectivity index (χ4v) is 1.25. The van der Waals surface area contributed by atoms with Crippen molar-refractivity contribution in [3.8, 4) is 5.75 Å². The molecule has 8 heteroatoms. The maximum atomic E-state index is 11.1. The lowest BCUT2D eigenvalue weighted by Crippen LogP contribution is -2.13. The second kappa shape index (κ2) is 7.02. The number of aliphatic carboxylic acids is 1. The summed E-state index contributed by atoms with van der Waals surface area (Å²) in [5.41, 5.74) is -0.380. The molecule has 0 fully saturated rings. The summed E-state index contributed by atoms with van der Waals surface area (Å²) in [6, 6.07) is 0. The highest BCUT2D eigenvalue weighted by Gasteiger charge is 2.05. The van der Waals surface area contributed by atoms with Crippen molar-refractivity contribution in [2.24, 2.45) is 0 Å². The van der Waals surface area contributed by atoms with Crippen LogP contribution in [0.25, 0.3) is 0 Å². The van der Waals surface area contributed by atoms with Crippen LogP contribution in [-0.4, -0.2) is 41.1 Å². The zero-order valence-electron chi connectivity index (χ0n) is 8.81. The summed E-state index contributed by atoms with van der Waals surface area (Å²) in [7, 11) is 0. The molecule has 0 spiro atoms. The van der Waals surface area contributed by atoms with Crippen molar-refractivity contribution in [1.29, 1.82) is 0 Å². The standard InChI is InChI=1S/C9H11BrN2O5/c10-8-6(5-11-12-9(8)15)17-4-3-16-2-1-7(13)14/h5H,1-4H2,(H,12,15)(H,13,14). The number of hydrogen-bond donors (Lipinski definition) is 2. The van der Waals surface area contributed by atoms with Gasteiger partial charge in [0.15, 0.2) is 5.75 Å². The van der Waals surface area contributed by atoms with E-state index in [0.29, 0.717) is 5.75 Å². The molecule has 0 aromatic carbocycles. The summed E-state index contributed by atoms with van der Waals surface area (Å²) >= 11 is 3.05. The van der Waals surface area contributed by atoms with Gasteiger partial charge in [-0.15, -0.1) is 0 Å². The van der Waals surface area contributed by atoms with Gasteiger partial charge in [0.05, 0.1) is 25.8 Å². The van der Waals surface area contributed by atoms with Crippen molar-refractivity contribution in [3.63, 3.8) is 0 Å². The minimum absolute atomic E-state index is 0.0454. The quantitative estimate of drug-likeness (QED) is 0.707. The molecule has 7 nitrogen and oxygen atoms in total. The molecule has 0 atom stereocenters. The summed E-state index contributed by atoms with van der Waals surface area (Å²) in [4.78, 5) is 21.3. The van der Waals surface area contributed by atoms with Crippen molar-refractivity contribution in [1.82, 2.24) is 10.2 Å². The molecule has 0 aliphatic heterocycles. The fraction of sp³-hybridized carbons (Fsp3) is 0.444. The van der Waals surface area contributed by atoms with Crippen LogP contribution >= 0.6 is 15.9 Å². The van der Waals surface area contributed by atoms with Crippen molar-refractivity contribution in [2.45, 2.75) is 6.42 Å². The number of nitrogens with one attached hydrogen (secondary N) is 1. The highest BCUT2D eigenvalue weighted by atomic mass is 79.9. The van der Waals surface area contributed by atoms with Gasteiger partial charge in [-0.1, -0.05) is 0 Å². The van der Waals surface area contributed by atoms with E-state index in [-0.39, 0.29) is 36.3 Å². The van der Waals surface area contributed by atoms with Gasteiger partial charge < -0.3 is 14.6 Å². The molecule has 0 aliphatic rings. The average molecular weight is 307 g/mol. The molecular formula is C9H11BrN2O5. The topological polar surface area (TPSA) is 102 Å². The van der Waals surface area contributed by atoms with Crippen molar-refractivity contribution in [3.05, 3.63) is 21.0 Å². The van der Waals surface area contributed by atoms with Gasteiger partial charge in [-0.2, -0.15) is 5.10 Å². The number of hydrogen-bond acceptors (Lipinski definition) is 5. The molecule has 0 saturated heterocycles.